The van der Waals surface area contributed by atoms with E-state index in [4.69, 9.17) is 10.7 Å². The summed E-state index contributed by atoms with van der Waals surface area (Å²) in [6.45, 7) is 6.13. The van der Waals surface area contributed by atoms with Crippen molar-refractivity contribution in [1.82, 2.24) is 4.90 Å². The molecule has 1 aromatic carbocycles. The van der Waals surface area contributed by atoms with E-state index in [1.54, 1.807) is 24.5 Å². The Morgan fingerprint density at radius 1 is 1.37 bits per heavy atom. The van der Waals surface area contributed by atoms with Crippen molar-refractivity contribution in [3.05, 3.63) is 45.6 Å². The zero-order valence-electron chi connectivity index (χ0n) is 16.1. The van der Waals surface area contributed by atoms with Gasteiger partial charge in [-0.3, -0.25) is 9.69 Å². The van der Waals surface area contributed by atoms with Crippen LogP contribution in [0.25, 0.3) is 11.1 Å². The summed E-state index contributed by atoms with van der Waals surface area (Å²) in [5, 5.41) is 9.21. The molecule has 2 unspecified atom stereocenters. The highest BCUT2D eigenvalue weighted by Crippen LogP contribution is 2.45. The number of amides is 1. The van der Waals surface area contributed by atoms with Gasteiger partial charge in [0.05, 0.1) is 17.6 Å². The van der Waals surface area contributed by atoms with Gasteiger partial charge in [0.15, 0.2) is 5.96 Å². The molecule has 2 N–H and O–H groups in total. The number of aliphatic imine (C=N–C) groups is 1. The Kier molecular flexibility index (Phi) is 5.07. The van der Waals surface area contributed by atoms with Crippen LogP contribution < -0.4 is 5.73 Å². The summed E-state index contributed by atoms with van der Waals surface area (Å²) >= 11 is 1.68. The summed E-state index contributed by atoms with van der Waals surface area (Å²) in [6.07, 6.45) is 1.56. The number of hydrogen-bond donors (Lipinski definition) is 1. The molecule has 0 spiro atoms. The molecule has 0 radical (unpaired) electrons. The third kappa shape index (κ3) is 3.13. The van der Waals surface area contributed by atoms with E-state index in [0.717, 1.165) is 22.4 Å². The first-order valence-electron chi connectivity index (χ1n) is 9.12. The van der Waals surface area contributed by atoms with Crippen LogP contribution in [0.4, 0.5) is 0 Å². The van der Waals surface area contributed by atoms with Crippen LogP contribution in [0.15, 0.2) is 35.3 Å². The monoisotopic (exact) mass is 380 g/mol. The lowest BCUT2D eigenvalue weighted by molar-refractivity contribution is -0.134. The Morgan fingerprint density at radius 3 is 2.74 bits per heavy atom. The molecule has 6 heteroatoms. The lowest BCUT2D eigenvalue weighted by atomic mass is 9.80. The molecule has 1 aliphatic rings. The Hall–Kier alpha value is -2.65. The molecule has 1 aliphatic heterocycles. The van der Waals surface area contributed by atoms with Gasteiger partial charge in [0, 0.05) is 16.8 Å². The van der Waals surface area contributed by atoms with Crippen molar-refractivity contribution in [3.63, 3.8) is 0 Å². The molecule has 2 heterocycles. The van der Waals surface area contributed by atoms with Crippen molar-refractivity contribution < 1.29 is 4.79 Å². The molecule has 0 fully saturated rings. The van der Waals surface area contributed by atoms with E-state index in [1.165, 1.54) is 9.78 Å². The first kappa shape index (κ1) is 19.1. The second kappa shape index (κ2) is 7.16. The molecule has 3 rings (SSSR count). The number of nitriles is 1. The molecule has 1 amide bonds. The minimum Gasteiger partial charge on any atom is -0.369 e. The van der Waals surface area contributed by atoms with Gasteiger partial charge >= 0.3 is 0 Å². The van der Waals surface area contributed by atoms with Crippen LogP contribution in [-0.2, 0) is 16.8 Å². The number of hydrogen-bond acceptors (Lipinski definition) is 5. The Morgan fingerprint density at radius 2 is 2.11 bits per heavy atom. The van der Waals surface area contributed by atoms with E-state index >= 15 is 0 Å². The van der Waals surface area contributed by atoms with Crippen LogP contribution in [0, 0.1) is 17.2 Å². The molecular weight excluding hydrogens is 356 g/mol. The molecular formula is C21H24N4OS. The van der Waals surface area contributed by atoms with Crippen LogP contribution in [0.3, 0.4) is 0 Å². The van der Waals surface area contributed by atoms with Gasteiger partial charge in [-0.25, -0.2) is 4.99 Å². The standard InChI is InChI=1S/C21H24N4OS/c1-5-16-19(26)25(4)20(23)24-21(16,3)18-11-15(17(6-2)27-18)14-9-7-8-13(10-14)12-22/h7-11,16H,5-6H2,1-4H3,(H2,23,24). The number of rotatable bonds is 4. The third-order valence-electron chi connectivity index (χ3n) is 5.34. The van der Waals surface area contributed by atoms with Crippen molar-refractivity contribution in [2.24, 2.45) is 16.6 Å². The topological polar surface area (TPSA) is 82.5 Å². The molecule has 1 aromatic heterocycles. The number of carbonyl (C=O) groups is 1. The molecule has 140 valence electrons. The van der Waals surface area contributed by atoms with E-state index in [1.807, 2.05) is 32.0 Å². The van der Waals surface area contributed by atoms with E-state index in [-0.39, 0.29) is 17.8 Å². The number of guanidine groups is 1. The van der Waals surface area contributed by atoms with E-state index in [0.29, 0.717) is 12.0 Å². The van der Waals surface area contributed by atoms with Gasteiger partial charge in [-0.05, 0) is 49.1 Å². The maximum Gasteiger partial charge on any atom is 0.234 e. The first-order chi connectivity index (χ1) is 12.8. The van der Waals surface area contributed by atoms with Crippen molar-refractivity contribution in [2.45, 2.75) is 39.2 Å². The van der Waals surface area contributed by atoms with E-state index in [9.17, 15) is 10.1 Å². The summed E-state index contributed by atoms with van der Waals surface area (Å²) in [5.74, 6) is 0.00935. The Bertz CT molecular complexity index is 955. The van der Waals surface area contributed by atoms with Gasteiger partial charge < -0.3 is 5.73 Å². The molecule has 27 heavy (non-hydrogen) atoms. The number of benzene rings is 1. The summed E-state index contributed by atoms with van der Waals surface area (Å²) in [5.41, 5.74) is 8.12. The van der Waals surface area contributed by atoms with Crippen LogP contribution in [0.1, 0.15) is 42.5 Å². The second-order valence-electron chi connectivity index (χ2n) is 6.97. The minimum atomic E-state index is -0.678. The number of thiophene rings is 1. The molecule has 2 aromatic rings. The predicted octanol–water partition coefficient (Wildman–Crippen LogP) is 3.88. The van der Waals surface area contributed by atoms with E-state index in [2.05, 4.69) is 19.1 Å². The van der Waals surface area contributed by atoms with Gasteiger partial charge in [-0.2, -0.15) is 5.26 Å². The molecule has 0 saturated carbocycles. The normalized spacial score (nSPS) is 22.5. The number of nitrogens with two attached hydrogens (primary N) is 1. The average molecular weight is 381 g/mol. The SMILES string of the molecule is CCc1sc(C2(C)N=C(N)N(C)C(=O)C2CC)cc1-c1cccc(C#N)c1. The van der Waals surface area contributed by atoms with Gasteiger partial charge in [-0.15, -0.1) is 11.3 Å². The lowest BCUT2D eigenvalue weighted by Crippen LogP contribution is -2.53. The largest absolute Gasteiger partial charge is 0.369 e. The smallest absolute Gasteiger partial charge is 0.234 e. The second-order valence-corrected chi connectivity index (χ2v) is 8.11. The van der Waals surface area contributed by atoms with Crippen LogP contribution >= 0.6 is 11.3 Å². The quantitative estimate of drug-likeness (QED) is 0.874. The van der Waals surface area contributed by atoms with Crippen molar-refractivity contribution in [3.8, 4) is 17.2 Å². The van der Waals surface area contributed by atoms with Crippen molar-refractivity contribution in [2.75, 3.05) is 7.05 Å². The fourth-order valence-corrected chi connectivity index (χ4v) is 4.99. The first-order valence-corrected chi connectivity index (χ1v) is 9.93. The Balaban J connectivity index is 2.16. The summed E-state index contributed by atoms with van der Waals surface area (Å²) in [4.78, 5) is 21.2. The zero-order valence-corrected chi connectivity index (χ0v) is 16.9. The third-order valence-corrected chi connectivity index (χ3v) is 6.84. The summed E-state index contributed by atoms with van der Waals surface area (Å²) in [6, 6.07) is 11.9. The molecule has 0 saturated heterocycles. The maximum atomic E-state index is 12.8. The van der Waals surface area contributed by atoms with Gasteiger partial charge in [0.1, 0.15) is 5.54 Å². The highest BCUT2D eigenvalue weighted by molar-refractivity contribution is 7.12. The van der Waals surface area contributed by atoms with Crippen LogP contribution in [0.5, 0.6) is 0 Å². The molecule has 0 aliphatic carbocycles. The molecule has 2 atom stereocenters. The fraction of sp³-hybridized carbons (Fsp3) is 0.381. The summed E-state index contributed by atoms with van der Waals surface area (Å²) < 4.78 is 0. The zero-order chi connectivity index (χ0) is 19.8. The number of nitrogens with zero attached hydrogens (tertiary/aromatic N) is 3. The van der Waals surface area contributed by atoms with Crippen molar-refractivity contribution >= 4 is 23.2 Å². The minimum absolute atomic E-state index is 0.00646. The molecule has 0 bridgehead atoms. The van der Waals surface area contributed by atoms with Crippen molar-refractivity contribution in [1.29, 1.82) is 5.26 Å². The van der Waals surface area contributed by atoms with Crippen LogP contribution in [-0.4, -0.2) is 23.8 Å². The lowest BCUT2D eigenvalue weighted by Gasteiger charge is -2.39. The average Bonchev–Trinajstić information content (AvgIpc) is 3.12. The van der Waals surface area contributed by atoms with Gasteiger partial charge in [0.2, 0.25) is 5.91 Å². The van der Waals surface area contributed by atoms with Crippen LogP contribution in [0.2, 0.25) is 0 Å². The number of aryl methyl sites for hydroxylation is 1. The highest BCUT2D eigenvalue weighted by atomic mass is 32.1. The van der Waals surface area contributed by atoms with Gasteiger partial charge in [0.25, 0.3) is 0 Å². The Labute approximate surface area is 164 Å². The summed E-state index contributed by atoms with van der Waals surface area (Å²) in [7, 11) is 1.67. The highest BCUT2D eigenvalue weighted by Gasteiger charge is 2.46. The number of carbonyl (C=O) groups excluding carboxylic acids is 1. The predicted molar refractivity (Wildman–Crippen MR) is 109 cm³/mol. The fourth-order valence-electron chi connectivity index (χ4n) is 3.72. The van der Waals surface area contributed by atoms with Gasteiger partial charge in [-0.1, -0.05) is 26.0 Å². The van der Waals surface area contributed by atoms with E-state index < -0.39 is 5.54 Å². The molecule has 5 nitrogen and oxygen atoms in total. The maximum absolute atomic E-state index is 12.8.